The Morgan fingerprint density at radius 1 is 0.967 bits per heavy atom. The SMILES string of the molecule is COc1ccc(S(=O)(=O)Nc2c(C(C)C)n(C)n(-c3ccccc3)c2=O)cc1OC. The van der Waals surface area contributed by atoms with Gasteiger partial charge in [-0.3, -0.25) is 14.2 Å². The number of rotatable bonds is 7. The van der Waals surface area contributed by atoms with Crippen molar-refractivity contribution in [1.29, 1.82) is 0 Å². The minimum absolute atomic E-state index is 0.0196. The lowest BCUT2D eigenvalue weighted by atomic mass is 10.1. The molecule has 8 nitrogen and oxygen atoms in total. The number of benzene rings is 2. The first-order valence-corrected chi connectivity index (χ1v) is 10.8. The van der Waals surface area contributed by atoms with E-state index in [0.29, 0.717) is 17.1 Å². The van der Waals surface area contributed by atoms with E-state index in [-0.39, 0.29) is 22.3 Å². The van der Waals surface area contributed by atoms with Crippen LogP contribution in [0.25, 0.3) is 5.69 Å². The molecule has 0 aliphatic rings. The van der Waals surface area contributed by atoms with Gasteiger partial charge in [0, 0.05) is 13.1 Å². The van der Waals surface area contributed by atoms with Gasteiger partial charge in [-0.05, 0) is 30.2 Å². The lowest BCUT2D eigenvalue weighted by molar-refractivity contribution is 0.354. The van der Waals surface area contributed by atoms with E-state index in [1.807, 2.05) is 32.0 Å². The Bertz CT molecular complexity index is 1210. The zero-order chi connectivity index (χ0) is 22.1. The molecule has 1 heterocycles. The van der Waals surface area contributed by atoms with E-state index in [1.54, 1.807) is 23.9 Å². The number of anilines is 1. The molecule has 1 aromatic heterocycles. The van der Waals surface area contributed by atoms with E-state index < -0.39 is 15.6 Å². The van der Waals surface area contributed by atoms with Crippen LogP contribution in [0.1, 0.15) is 25.5 Å². The summed E-state index contributed by atoms with van der Waals surface area (Å²) >= 11 is 0. The van der Waals surface area contributed by atoms with Crippen molar-refractivity contribution in [3.63, 3.8) is 0 Å². The smallest absolute Gasteiger partial charge is 0.296 e. The molecule has 0 aliphatic heterocycles. The van der Waals surface area contributed by atoms with Crippen LogP contribution in [0.4, 0.5) is 5.69 Å². The van der Waals surface area contributed by atoms with Crippen LogP contribution < -0.4 is 19.8 Å². The highest BCUT2D eigenvalue weighted by Gasteiger charge is 2.26. The predicted octanol–water partition coefficient (Wildman–Crippen LogP) is 3.12. The van der Waals surface area contributed by atoms with Crippen LogP contribution in [0.3, 0.4) is 0 Å². The number of ether oxygens (including phenoxy) is 2. The largest absolute Gasteiger partial charge is 0.493 e. The molecule has 0 amide bonds. The van der Waals surface area contributed by atoms with Crippen LogP contribution in [-0.4, -0.2) is 32.0 Å². The Hall–Kier alpha value is -3.20. The highest BCUT2D eigenvalue weighted by molar-refractivity contribution is 7.92. The Morgan fingerprint density at radius 2 is 1.60 bits per heavy atom. The Morgan fingerprint density at radius 3 is 2.17 bits per heavy atom. The zero-order valence-corrected chi connectivity index (χ0v) is 18.4. The molecule has 0 unspecified atom stereocenters. The normalized spacial score (nSPS) is 11.5. The number of hydrogen-bond acceptors (Lipinski definition) is 5. The highest BCUT2D eigenvalue weighted by atomic mass is 32.2. The van der Waals surface area contributed by atoms with Gasteiger partial charge in [0.1, 0.15) is 5.69 Å². The number of sulfonamides is 1. The fourth-order valence-electron chi connectivity index (χ4n) is 3.42. The second kappa shape index (κ2) is 8.27. The Kier molecular flexibility index (Phi) is 5.93. The second-order valence-electron chi connectivity index (χ2n) is 7.01. The zero-order valence-electron chi connectivity index (χ0n) is 17.5. The average Bonchev–Trinajstić information content (AvgIpc) is 2.97. The van der Waals surface area contributed by atoms with Gasteiger partial charge in [0.15, 0.2) is 11.5 Å². The summed E-state index contributed by atoms with van der Waals surface area (Å²) in [7, 11) is 0.579. The fourth-order valence-corrected chi connectivity index (χ4v) is 4.50. The molecular formula is C21H25N3O5S. The molecule has 30 heavy (non-hydrogen) atoms. The monoisotopic (exact) mass is 431 g/mol. The Labute approximate surface area is 175 Å². The third-order valence-corrected chi connectivity index (χ3v) is 6.11. The molecular weight excluding hydrogens is 406 g/mol. The molecule has 3 rings (SSSR count). The number of methoxy groups -OCH3 is 2. The summed E-state index contributed by atoms with van der Waals surface area (Å²) in [5.74, 6) is 0.584. The van der Waals surface area contributed by atoms with E-state index >= 15 is 0 Å². The minimum Gasteiger partial charge on any atom is -0.493 e. The molecule has 1 N–H and O–H groups in total. The fraction of sp³-hybridized carbons (Fsp3) is 0.286. The van der Waals surface area contributed by atoms with Crippen molar-refractivity contribution in [2.45, 2.75) is 24.7 Å². The van der Waals surface area contributed by atoms with Crippen LogP contribution in [0.5, 0.6) is 11.5 Å². The van der Waals surface area contributed by atoms with E-state index in [2.05, 4.69) is 4.72 Å². The molecule has 0 fully saturated rings. The maximum Gasteiger partial charge on any atom is 0.296 e. The van der Waals surface area contributed by atoms with Gasteiger partial charge in [0.25, 0.3) is 15.6 Å². The summed E-state index contributed by atoms with van der Waals surface area (Å²) in [6.45, 7) is 3.80. The molecule has 0 saturated heterocycles. The molecule has 9 heteroatoms. The first-order chi connectivity index (χ1) is 14.2. The third-order valence-electron chi connectivity index (χ3n) is 4.76. The maximum absolute atomic E-state index is 13.2. The molecule has 0 bridgehead atoms. The lowest BCUT2D eigenvalue weighted by Gasteiger charge is -2.14. The molecule has 0 spiro atoms. The number of para-hydroxylation sites is 1. The first-order valence-electron chi connectivity index (χ1n) is 9.33. The van der Waals surface area contributed by atoms with Crippen molar-refractivity contribution >= 4 is 15.7 Å². The first kappa shape index (κ1) is 21.5. The quantitative estimate of drug-likeness (QED) is 0.621. The topological polar surface area (TPSA) is 91.6 Å². The molecule has 0 aliphatic carbocycles. The average molecular weight is 432 g/mol. The van der Waals surface area contributed by atoms with Crippen molar-refractivity contribution < 1.29 is 17.9 Å². The van der Waals surface area contributed by atoms with Crippen LogP contribution in [0.15, 0.2) is 58.2 Å². The van der Waals surface area contributed by atoms with Gasteiger partial charge in [-0.25, -0.2) is 13.1 Å². The number of nitrogens with one attached hydrogen (secondary N) is 1. The summed E-state index contributed by atoms with van der Waals surface area (Å²) in [5, 5.41) is 0. The number of aromatic nitrogens is 2. The van der Waals surface area contributed by atoms with Crippen molar-refractivity contribution in [1.82, 2.24) is 9.36 Å². The molecule has 0 radical (unpaired) electrons. The van der Waals surface area contributed by atoms with E-state index in [1.165, 1.54) is 37.1 Å². The van der Waals surface area contributed by atoms with Crippen LogP contribution >= 0.6 is 0 Å². The van der Waals surface area contributed by atoms with Crippen LogP contribution in [0.2, 0.25) is 0 Å². The second-order valence-corrected chi connectivity index (χ2v) is 8.70. The van der Waals surface area contributed by atoms with E-state index in [9.17, 15) is 13.2 Å². The van der Waals surface area contributed by atoms with Crippen molar-refractivity contribution in [3.8, 4) is 17.2 Å². The van der Waals surface area contributed by atoms with Crippen molar-refractivity contribution in [2.75, 3.05) is 18.9 Å². The van der Waals surface area contributed by atoms with Gasteiger partial charge in [0.05, 0.1) is 30.5 Å². The van der Waals surface area contributed by atoms with Crippen LogP contribution in [0, 0.1) is 0 Å². The lowest BCUT2D eigenvalue weighted by Crippen LogP contribution is -2.23. The van der Waals surface area contributed by atoms with E-state index in [4.69, 9.17) is 9.47 Å². The summed E-state index contributed by atoms with van der Waals surface area (Å²) in [6, 6.07) is 13.3. The summed E-state index contributed by atoms with van der Waals surface area (Å²) in [5.41, 5.74) is 0.791. The van der Waals surface area contributed by atoms with Crippen molar-refractivity contribution in [2.24, 2.45) is 7.05 Å². The van der Waals surface area contributed by atoms with Crippen LogP contribution in [-0.2, 0) is 17.1 Å². The number of hydrogen-bond donors (Lipinski definition) is 1. The van der Waals surface area contributed by atoms with Gasteiger partial charge in [-0.2, -0.15) is 0 Å². The summed E-state index contributed by atoms with van der Waals surface area (Å²) in [4.78, 5) is 13.2. The maximum atomic E-state index is 13.2. The number of nitrogens with zero attached hydrogens (tertiary/aromatic N) is 2. The standard InChI is InChI=1S/C21H25N3O5S/c1-14(2)20-19(21(25)24(23(20)3)15-9-7-6-8-10-15)22-30(26,27)16-11-12-17(28-4)18(13-16)29-5/h6-14,22H,1-5H3. The molecule has 0 atom stereocenters. The van der Waals surface area contributed by atoms with Gasteiger partial charge in [0.2, 0.25) is 0 Å². The third kappa shape index (κ3) is 3.80. The highest BCUT2D eigenvalue weighted by Crippen LogP contribution is 2.31. The van der Waals surface area contributed by atoms with Gasteiger partial charge >= 0.3 is 0 Å². The van der Waals surface area contributed by atoms with Gasteiger partial charge in [-0.15, -0.1) is 0 Å². The molecule has 2 aromatic carbocycles. The summed E-state index contributed by atoms with van der Waals surface area (Å²) in [6.07, 6.45) is 0. The van der Waals surface area contributed by atoms with Gasteiger partial charge < -0.3 is 9.47 Å². The molecule has 160 valence electrons. The van der Waals surface area contributed by atoms with E-state index in [0.717, 1.165) is 0 Å². The Balaban J connectivity index is 2.14. The van der Waals surface area contributed by atoms with Gasteiger partial charge in [-0.1, -0.05) is 32.0 Å². The predicted molar refractivity (Wildman–Crippen MR) is 115 cm³/mol. The molecule has 0 saturated carbocycles. The van der Waals surface area contributed by atoms with Crippen molar-refractivity contribution in [3.05, 3.63) is 64.6 Å². The minimum atomic E-state index is -4.05. The summed E-state index contributed by atoms with van der Waals surface area (Å²) < 4.78 is 42.2. The molecule has 3 aromatic rings.